The minimum Gasteiger partial charge on any atom is -0.497 e. The number of benzene rings is 1. The number of hydrogen-bond acceptors (Lipinski definition) is 3. The van der Waals surface area contributed by atoms with Gasteiger partial charge in [-0.2, -0.15) is 0 Å². The van der Waals surface area contributed by atoms with Crippen molar-refractivity contribution >= 4 is 5.69 Å². The molecule has 1 unspecified atom stereocenters. The van der Waals surface area contributed by atoms with E-state index in [0.29, 0.717) is 0 Å². The van der Waals surface area contributed by atoms with E-state index in [-0.39, 0.29) is 6.10 Å². The summed E-state index contributed by atoms with van der Waals surface area (Å²) < 4.78 is 10.5. The van der Waals surface area contributed by atoms with Crippen LogP contribution in [0.1, 0.15) is 13.8 Å². The van der Waals surface area contributed by atoms with Gasteiger partial charge in [0.2, 0.25) is 0 Å². The van der Waals surface area contributed by atoms with Crippen molar-refractivity contribution in [3.8, 4) is 5.75 Å². The minimum absolute atomic E-state index is 0.233. The normalized spacial score (nSPS) is 12.2. The van der Waals surface area contributed by atoms with E-state index >= 15 is 0 Å². The number of hydrogen-bond donors (Lipinski definition) is 1. The van der Waals surface area contributed by atoms with Crippen LogP contribution in [0.4, 0.5) is 5.69 Å². The zero-order valence-electron chi connectivity index (χ0n) is 9.62. The lowest BCUT2D eigenvalue weighted by molar-refractivity contribution is 0.0855. The smallest absolute Gasteiger partial charge is 0.119 e. The molecular weight excluding hydrogens is 190 g/mol. The van der Waals surface area contributed by atoms with Crippen LogP contribution in [0.2, 0.25) is 0 Å². The van der Waals surface area contributed by atoms with Gasteiger partial charge in [-0.15, -0.1) is 0 Å². The van der Waals surface area contributed by atoms with Crippen molar-refractivity contribution in [3.05, 3.63) is 24.3 Å². The third-order valence-corrected chi connectivity index (χ3v) is 2.13. The summed E-state index contributed by atoms with van der Waals surface area (Å²) >= 11 is 0. The summed E-state index contributed by atoms with van der Waals surface area (Å²) in [5, 5.41) is 3.30. The lowest BCUT2D eigenvalue weighted by Gasteiger charge is -2.13. The Labute approximate surface area is 91.4 Å². The number of rotatable bonds is 6. The van der Waals surface area contributed by atoms with Crippen molar-refractivity contribution in [1.82, 2.24) is 0 Å². The maximum Gasteiger partial charge on any atom is 0.119 e. The Morgan fingerprint density at radius 3 is 2.47 bits per heavy atom. The highest BCUT2D eigenvalue weighted by Crippen LogP contribution is 2.14. The van der Waals surface area contributed by atoms with Crippen molar-refractivity contribution in [2.24, 2.45) is 0 Å². The molecule has 0 saturated carbocycles. The molecule has 84 valence electrons. The average molecular weight is 209 g/mol. The summed E-state index contributed by atoms with van der Waals surface area (Å²) in [5.41, 5.74) is 1.09. The maximum absolute atomic E-state index is 5.42. The highest BCUT2D eigenvalue weighted by atomic mass is 16.5. The van der Waals surface area contributed by atoms with Crippen molar-refractivity contribution in [2.75, 3.05) is 25.6 Å². The Balaban J connectivity index is 2.37. The van der Waals surface area contributed by atoms with Crippen LogP contribution >= 0.6 is 0 Å². The molecule has 1 aromatic rings. The van der Waals surface area contributed by atoms with Crippen LogP contribution in [0.5, 0.6) is 5.75 Å². The fraction of sp³-hybridized carbons (Fsp3) is 0.500. The van der Waals surface area contributed by atoms with E-state index < -0.39 is 0 Å². The van der Waals surface area contributed by atoms with Gasteiger partial charge in [-0.3, -0.25) is 0 Å². The summed E-state index contributed by atoms with van der Waals surface area (Å²) in [5.74, 6) is 0.874. The summed E-state index contributed by atoms with van der Waals surface area (Å²) in [6.45, 7) is 5.63. The standard InChI is InChI=1S/C12H19NO2/c1-4-15-10(2)9-13-11-5-7-12(14-3)8-6-11/h5-8,10,13H,4,9H2,1-3H3. The largest absolute Gasteiger partial charge is 0.497 e. The third kappa shape index (κ3) is 4.21. The monoisotopic (exact) mass is 209 g/mol. The van der Waals surface area contributed by atoms with Crippen molar-refractivity contribution in [1.29, 1.82) is 0 Å². The zero-order valence-corrected chi connectivity index (χ0v) is 9.62. The van der Waals surface area contributed by atoms with Gasteiger partial charge >= 0.3 is 0 Å². The Morgan fingerprint density at radius 2 is 1.93 bits per heavy atom. The quantitative estimate of drug-likeness (QED) is 0.781. The molecule has 1 N–H and O–H groups in total. The molecule has 1 rings (SSSR count). The second-order valence-corrected chi connectivity index (χ2v) is 3.38. The van der Waals surface area contributed by atoms with Crippen LogP contribution in [-0.2, 0) is 4.74 Å². The molecule has 0 radical (unpaired) electrons. The minimum atomic E-state index is 0.233. The number of methoxy groups -OCH3 is 1. The molecule has 1 aromatic carbocycles. The topological polar surface area (TPSA) is 30.5 Å². The molecular formula is C12H19NO2. The second-order valence-electron chi connectivity index (χ2n) is 3.38. The van der Waals surface area contributed by atoms with Gasteiger partial charge in [-0.05, 0) is 38.1 Å². The van der Waals surface area contributed by atoms with Crippen molar-refractivity contribution in [2.45, 2.75) is 20.0 Å². The molecule has 0 amide bonds. The van der Waals surface area contributed by atoms with Gasteiger partial charge in [0.15, 0.2) is 0 Å². The summed E-state index contributed by atoms with van der Waals surface area (Å²) in [7, 11) is 1.67. The molecule has 0 bridgehead atoms. The maximum atomic E-state index is 5.42. The van der Waals surface area contributed by atoms with E-state index in [2.05, 4.69) is 12.2 Å². The van der Waals surface area contributed by atoms with E-state index in [1.165, 1.54) is 0 Å². The van der Waals surface area contributed by atoms with Gasteiger partial charge in [0.05, 0.1) is 13.2 Å². The van der Waals surface area contributed by atoms with Gasteiger partial charge in [-0.25, -0.2) is 0 Å². The Morgan fingerprint density at radius 1 is 1.27 bits per heavy atom. The first-order valence-electron chi connectivity index (χ1n) is 5.25. The van der Waals surface area contributed by atoms with Crippen LogP contribution < -0.4 is 10.1 Å². The second kappa shape index (κ2) is 6.30. The molecule has 1 atom stereocenters. The molecule has 0 fully saturated rings. The van der Waals surface area contributed by atoms with Crippen LogP contribution in [0.15, 0.2) is 24.3 Å². The van der Waals surface area contributed by atoms with E-state index in [1.54, 1.807) is 7.11 Å². The van der Waals surface area contributed by atoms with E-state index in [0.717, 1.165) is 24.6 Å². The molecule has 0 aromatic heterocycles. The summed E-state index contributed by atoms with van der Waals surface area (Å²) in [6, 6.07) is 7.87. The molecule has 0 aliphatic heterocycles. The molecule has 15 heavy (non-hydrogen) atoms. The zero-order chi connectivity index (χ0) is 11.1. The first-order valence-corrected chi connectivity index (χ1v) is 5.25. The SMILES string of the molecule is CCOC(C)CNc1ccc(OC)cc1. The predicted molar refractivity (Wildman–Crippen MR) is 62.6 cm³/mol. The highest BCUT2D eigenvalue weighted by molar-refractivity contribution is 5.46. The molecule has 3 heteroatoms. The van der Waals surface area contributed by atoms with Gasteiger partial charge < -0.3 is 14.8 Å². The van der Waals surface area contributed by atoms with Gasteiger partial charge in [0.25, 0.3) is 0 Å². The van der Waals surface area contributed by atoms with Crippen LogP contribution in [0, 0.1) is 0 Å². The first-order chi connectivity index (χ1) is 7.26. The average Bonchev–Trinajstić information content (AvgIpc) is 2.27. The van der Waals surface area contributed by atoms with Gasteiger partial charge in [0, 0.05) is 18.8 Å². The van der Waals surface area contributed by atoms with Crippen LogP contribution in [-0.4, -0.2) is 26.4 Å². The van der Waals surface area contributed by atoms with Crippen molar-refractivity contribution in [3.63, 3.8) is 0 Å². The van der Waals surface area contributed by atoms with Crippen LogP contribution in [0.25, 0.3) is 0 Å². The van der Waals surface area contributed by atoms with E-state index in [9.17, 15) is 0 Å². The summed E-state index contributed by atoms with van der Waals surface area (Å²) in [4.78, 5) is 0. The van der Waals surface area contributed by atoms with Gasteiger partial charge in [0.1, 0.15) is 5.75 Å². The van der Waals surface area contributed by atoms with E-state index in [1.807, 2.05) is 31.2 Å². The number of nitrogens with one attached hydrogen (secondary N) is 1. The Bertz CT molecular complexity index is 271. The van der Waals surface area contributed by atoms with Crippen LogP contribution in [0.3, 0.4) is 0 Å². The van der Waals surface area contributed by atoms with Crippen molar-refractivity contribution < 1.29 is 9.47 Å². The molecule has 0 aliphatic carbocycles. The number of anilines is 1. The fourth-order valence-corrected chi connectivity index (χ4v) is 1.31. The predicted octanol–water partition coefficient (Wildman–Crippen LogP) is 2.53. The Kier molecular flexibility index (Phi) is 4.98. The summed E-state index contributed by atoms with van der Waals surface area (Å²) in [6.07, 6.45) is 0.233. The first kappa shape index (κ1) is 11.9. The molecule has 0 aliphatic rings. The van der Waals surface area contributed by atoms with E-state index in [4.69, 9.17) is 9.47 Å². The molecule has 0 spiro atoms. The number of ether oxygens (including phenoxy) is 2. The molecule has 0 heterocycles. The fourth-order valence-electron chi connectivity index (χ4n) is 1.31. The molecule has 3 nitrogen and oxygen atoms in total. The Hall–Kier alpha value is -1.22. The highest BCUT2D eigenvalue weighted by Gasteiger charge is 2.00. The molecule has 0 saturated heterocycles. The third-order valence-electron chi connectivity index (χ3n) is 2.13. The van der Waals surface area contributed by atoms with Gasteiger partial charge in [-0.1, -0.05) is 0 Å². The lowest BCUT2D eigenvalue weighted by Crippen LogP contribution is -2.19. The lowest BCUT2D eigenvalue weighted by atomic mass is 10.3.